The summed E-state index contributed by atoms with van der Waals surface area (Å²) in [5.41, 5.74) is 2.38. The molecule has 2 aromatic rings. The Morgan fingerprint density at radius 2 is 1.95 bits per heavy atom. The number of carbonyl (C=O) groups excluding carboxylic acids is 1. The maximum Gasteiger partial charge on any atom is 0.314 e. The number of H-pyrrole nitrogens is 1. The Kier molecular flexibility index (Phi) is 5.04. The Morgan fingerprint density at radius 1 is 1.20 bits per heavy atom. The standard InChI is InChI=1S/C16H23N3O/c1-12(2)7-9-17-16(20)18-10-8-13-11-19-15-6-4-3-5-14(13)15/h3-6,11-12,19H,7-10H2,1-2H3,(H2,17,18,20). The Labute approximate surface area is 120 Å². The highest BCUT2D eigenvalue weighted by atomic mass is 16.2. The van der Waals surface area contributed by atoms with Crippen LogP contribution in [0.15, 0.2) is 30.5 Å². The lowest BCUT2D eigenvalue weighted by atomic mass is 10.1. The number of rotatable bonds is 6. The van der Waals surface area contributed by atoms with E-state index in [1.54, 1.807) is 0 Å². The third-order valence-electron chi connectivity index (χ3n) is 3.36. The molecule has 0 aliphatic carbocycles. The summed E-state index contributed by atoms with van der Waals surface area (Å²) in [6.07, 6.45) is 3.86. The monoisotopic (exact) mass is 273 g/mol. The van der Waals surface area contributed by atoms with Crippen molar-refractivity contribution in [2.45, 2.75) is 26.7 Å². The van der Waals surface area contributed by atoms with Gasteiger partial charge in [-0.1, -0.05) is 32.0 Å². The summed E-state index contributed by atoms with van der Waals surface area (Å²) in [7, 11) is 0. The average molecular weight is 273 g/mol. The summed E-state index contributed by atoms with van der Waals surface area (Å²) in [6, 6.07) is 8.13. The van der Waals surface area contributed by atoms with Crippen molar-refractivity contribution in [2.24, 2.45) is 5.92 Å². The molecular formula is C16H23N3O. The predicted molar refractivity (Wildman–Crippen MR) is 82.9 cm³/mol. The molecule has 4 heteroatoms. The van der Waals surface area contributed by atoms with Crippen LogP contribution in [0.5, 0.6) is 0 Å². The highest BCUT2D eigenvalue weighted by molar-refractivity contribution is 5.83. The van der Waals surface area contributed by atoms with Gasteiger partial charge in [-0.25, -0.2) is 4.79 Å². The van der Waals surface area contributed by atoms with E-state index in [-0.39, 0.29) is 6.03 Å². The number of hydrogen-bond acceptors (Lipinski definition) is 1. The van der Waals surface area contributed by atoms with Gasteiger partial charge in [0.05, 0.1) is 0 Å². The zero-order valence-corrected chi connectivity index (χ0v) is 12.2. The molecule has 0 saturated carbocycles. The van der Waals surface area contributed by atoms with Crippen molar-refractivity contribution in [3.8, 4) is 0 Å². The Morgan fingerprint density at radius 3 is 2.75 bits per heavy atom. The molecule has 4 nitrogen and oxygen atoms in total. The summed E-state index contributed by atoms with van der Waals surface area (Å²) in [5, 5.41) is 7.00. The molecule has 0 spiro atoms. The first-order valence-electron chi connectivity index (χ1n) is 7.23. The molecule has 0 unspecified atom stereocenters. The molecule has 0 aliphatic rings. The molecule has 1 aromatic carbocycles. The minimum absolute atomic E-state index is 0.0782. The zero-order chi connectivity index (χ0) is 14.4. The normalized spacial score (nSPS) is 10.9. The number of aromatic amines is 1. The summed E-state index contributed by atoms with van der Waals surface area (Å²) in [4.78, 5) is 14.8. The topological polar surface area (TPSA) is 56.9 Å². The molecule has 0 radical (unpaired) electrons. The van der Waals surface area contributed by atoms with Gasteiger partial charge in [-0.2, -0.15) is 0 Å². The number of hydrogen-bond donors (Lipinski definition) is 3. The van der Waals surface area contributed by atoms with E-state index in [9.17, 15) is 4.79 Å². The van der Waals surface area contributed by atoms with E-state index in [1.165, 1.54) is 10.9 Å². The van der Waals surface area contributed by atoms with Crippen LogP contribution in [0, 0.1) is 5.92 Å². The predicted octanol–water partition coefficient (Wildman–Crippen LogP) is 3.06. The Bertz CT molecular complexity index is 560. The first-order valence-corrected chi connectivity index (χ1v) is 7.23. The number of fused-ring (bicyclic) bond motifs is 1. The summed E-state index contributed by atoms with van der Waals surface area (Å²) in [6.45, 7) is 5.68. The number of amides is 2. The minimum Gasteiger partial charge on any atom is -0.361 e. The van der Waals surface area contributed by atoms with Crippen molar-refractivity contribution in [3.05, 3.63) is 36.0 Å². The highest BCUT2D eigenvalue weighted by Gasteiger charge is 2.04. The van der Waals surface area contributed by atoms with Gasteiger partial charge >= 0.3 is 6.03 Å². The van der Waals surface area contributed by atoms with Gasteiger partial charge in [-0.05, 0) is 30.4 Å². The molecule has 0 saturated heterocycles. The van der Waals surface area contributed by atoms with Crippen LogP contribution in [-0.4, -0.2) is 24.1 Å². The van der Waals surface area contributed by atoms with Crippen LogP contribution in [0.3, 0.4) is 0 Å². The van der Waals surface area contributed by atoms with Crippen LogP contribution >= 0.6 is 0 Å². The van der Waals surface area contributed by atoms with Gasteiger partial charge in [-0.15, -0.1) is 0 Å². The van der Waals surface area contributed by atoms with E-state index >= 15 is 0 Å². The number of nitrogens with one attached hydrogen (secondary N) is 3. The average Bonchev–Trinajstić information content (AvgIpc) is 2.82. The summed E-state index contributed by atoms with van der Waals surface area (Å²) in [5.74, 6) is 0.613. The fraction of sp³-hybridized carbons (Fsp3) is 0.438. The van der Waals surface area contributed by atoms with Crippen LogP contribution in [0.2, 0.25) is 0 Å². The third-order valence-corrected chi connectivity index (χ3v) is 3.36. The SMILES string of the molecule is CC(C)CCNC(=O)NCCc1c[nH]c2ccccc12. The van der Waals surface area contributed by atoms with Gasteiger partial charge in [0.15, 0.2) is 0 Å². The molecule has 2 amide bonds. The first kappa shape index (κ1) is 14.4. The second-order valence-electron chi connectivity index (χ2n) is 5.47. The second-order valence-corrected chi connectivity index (χ2v) is 5.47. The van der Waals surface area contributed by atoms with Gasteiger partial charge in [0.1, 0.15) is 0 Å². The lowest BCUT2D eigenvalue weighted by Gasteiger charge is -2.08. The van der Waals surface area contributed by atoms with Crippen molar-refractivity contribution in [1.82, 2.24) is 15.6 Å². The summed E-state index contributed by atoms with van der Waals surface area (Å²) >= 11 is 0. The molecule has 108 valence electrons. The smallest absolute Gasteiger partial charge is 0.314 e. The van der Waals surface area contributed by atoms with Gasteiger partial charge < -0.3 is 15.6 Å². The molecule has 0 fully saturated rings. The lowest BCUT2D eigenvalue weighted by Crippen LogP contribution is -2.37. The number of benzene rings is 1. The van der Waals surface area contributed by atoms with Gasteiger partial charge in [0.25, 0.3) is 0 Å². The van der Waals surface area contributed by atoms with E-state index in [1.807, 2.05) is 18.3 Å². The Balaban J connectivity index is 1.74. The maximum atomic E-state index is 11.6. The van der Waals surface area contributed by atoms with Crippen molar-refractivity contribution in [1.29, 1.82) is 0 Å². The van der Waals surface area contributed by atoms with Crippen LogP contribution in [0.25, 0.3) is 10.9 Å². The zero-order valence-electron chi connectivity index (χ0n) is 12.2. The van der Waals surface area contributed by atoms with Crippen LogP contribution in [0.4, 0.5) is 4.79 Å². The molecule has 3 N–H and O–H groups in total. The number of aromatic nitrogens is 1. The number of urea groups is 1. The minimum atomic E-state index is -0.0782. The van der Waals surface area contributed by atoms with E-state index in [2.05, 4.69) is 41.6 Å². The van der Waals surface area contributed by atoms with Crippen molar-refractivity contribution in [2.75, 3.05) is 13.1 Å². The van der Waals surface area contributed by atoms with E-state index in [0.717, 1.165) is 24.9 Å². The van der Waals surface area contributed by atoms with E-state index in [0.29, 0.717) is 12.5 Å². The van der Waals surface area contributed by atoms with E-state index in [4.69, 9.17) is 0 Å². The second kappa shape index (κ2) is 6.98. The fourth-order valence-electron chi connectivity index (χ4n) is 2.19. The van der Waals surface area contributed by atoms with Crippen molar-refractivity contribution >= 4 is 16.9 Å². The Hall–Kier alpha value is -1.97. The molecule has 1 heterocycles. The molecule has 0 bridgehead atoms. The molecule has 2 rings (SSSR count). The molecule has 20 heavy (non-hydrogen) atoms. The maximum absolute atomic E-state index is 11.6. The van der Waals surface area contributed by atoms with Crippen LogP contribution in [0.1, 0.15) is 25.8 Å². The van der Waals surface area contributed by atoms with Gasteiger partial charge in [0.2, 0.25) is 0 Å². The van der Waals surface area contributed by atoms with Crippen molar-refractivity contribution in [3.63, 3.8) is 0 Å². The molecule has 0 atom stereocenters. The van der Waals surface area contributed by atoms with E-state index < -0.39 is 0 Å². The molecule has 0 aliphatic heterocycles. The van der Waals surface area contributed by atoms with Gasteiger partial charge in [0, 0.05) is 30.2 Å². The highest BCUT2D eigenvalue weighted by Crippen LogP contribution is 2.17. The van der Waals surface area contributed by atoms with Crippen molar-refractivity contribution < 1.29 is 4.79 Å². The molecule has 1 aromatic heterocycles. The summed E-state index contributed by atoms with van der Waals surface area (Å²) < 4.78 is 0. The third kappa shape index (κ3) is 4.02. The van der Waals surface area contributed by atoms with Crippen LogP contribution in [-0.2, 0) is 6.42 Å². The first-order chi connectivity index (χ1) is 9.66. The fourth-order valence-corrected chi connectivity index (χ4v) is 2.19. The quantitative estimate of drug-likeness (QED) is 0.744. The lowest BCUT2D eigenvalue weighted by molar-refractivity contribution is 0.240. The number of para-hydroxylation sites is 1. The number of carbonyl (C=O) groups is 1. The largest absolute Gasteiger partial charge is 0.361 e. The van der Waals surface area contributed by atoms with Gasteiger partial charge in [-0.3, -0.25) is 0 Å². The van der Waals surface area contributed by atoms with Crippen LogP contribution < -0.4 is 10.6 Å². The molecular weight excluding hydrogens is 250 g/mol.